The molecule has 1 aliphatic heterocycles. The van der Waals surface area contributed by atoms with Gasteiger partial charge in [-0.05, 0) is 13.3 Å². The van der Waals surface area contributed by atoms with Gasteiger partial charge < -0.3 is 4.90 Å². The van der Waals surface area contributed by atoms with E-state index in [0.29, 0.717) is 25.8 Å². The van der Waals surface area contributed by atoms with E-state index in [4.69, 9.17) is 0 Å². The van der Waals surface area contributed by atoms with Gasteiger partial charge in [0.25, 0.3) is 0 Å². The maximum Gasteiger partial charge on any atom is 0.234 e. The second-order valence-electron chi connectivity index (χ2n) is 6.64. The molecule has 1 saturated heterocycles. The van der Waals surface area contributed by atoms with Crippen LogP contribution in [-0.4, -0.2) is 63.1 Å². The Morgan fingerprint density at radius 1 is 1.40 bits per heavy atom. The molecule has 1 amide bonds. The first-order chi connectivity index (χ1) is 11.8. The molecule has 0 aromatic carbocycles. The molecule has 138 valence electrons. The van der Waals surface area contributed by atoms with Gasteiger partial charge in [-0.3, -0.25) is 4.79 Å². The molecule has 2 aromatic rings. The lowest BCUT2D eigenvalue weighted by molar-refractivity contribution is -0.132. The van der Waals surface area contributed by atoms with Crippen LogP contribution in [0.1, 0.15) is 50.4 Å². The second kappa shape index (κ2) is 6.99. The third kappa shape index (κ3) is 3.84. The lowest BCUT2D eigenvalue weighted by Crippen LogP contribution is -2.41. The Morgan fingerprint density at radius 3 is 2.76 bits per heavy atom. The topological polar surface area (TPSA) is 97.5 Å². The summed E-state index contributed by atoms with van der Waals surface area (Å²) in [5.74, 6) is 1.29. The molecule has 1 aliphatic rings. The van der Waals surface area contributed by atoms with Crippen LogP contribution < -0.4 is 0 Å². The number of amides is 1. The maximum atomic E-state index is 12.5. The molecule has 3 rings (SSSR count). The maximum absolute atomic E-state index is 12.5. The molecule has 1 unspecified atom stereocenters. The summed E-state index contributed by atoms with van der Waals surface area (Å²) in [5, 5.41) is 13.6. The number of carbonyl (C=O) groups excluding carboxylic acids is 1. The van der Waals surface area contributed by atoms with Gasteiger partial charge in [0.1, 0.15) is 5.01 Å². The number of aryl methyl sites for hydroxylation is 1. The van der Waals surface area contributed by atoms with Crippen molar-refractivity contribution >= 4 is 32.0 Å². The molecule has 1 fully saturated rings. The van der Waals surface area contributed by atoms with Gasteiger partial charge in [-0.25, -0.2) is 8.42 Å². The summed E-state index contributed by atoms with van der Waals surface area (Å²) >= 11 is 1.44. The molecule has 0 radical (unpaired) electrons. The van der Waals surface area contributed by atoms with Crippen molar-refractivity contribution in [2.24, 2.45) is 0 Å². The minimum Gasteiger partial charge on any atom is -0.339 e. The molecule has 0 N–H and O–H groups in total. The monoisotopic (exact) mass is 385 g/mol. The summed E-state index contributed by atoms with van der Waals surface area (Å²) < 4.78 is 25.1. The van der Waals surface area contributed by atoms with Crippen LogP contribution in [0.25, 0.3) is 4.96 Å². The van der Waals surface area contributed by atoms with Gasteiger partial charge in [0, 0.05) is 31.3 Å². The van der Waals surface area contributed by atoms with Gasteiger partial charge in [0.05, 0.1) is 11.5 Å². The predicted molar refractivity (Wildman–Crippen MR) is 95.5 cm³/mol. The average Bonchev–Trinajstić information content (AvgIpc) is 3.19. The number of hydrogen-bond donors (Lipinski definition) is 0. The highest BCUT2D eigenvalue weighted by molar-refractivity contribution is 7.91. The molecule has 0 aliphatic carbocycles. The molecule has 1 atom stereocenters. The fourth-order valence-electron chi connectivity index (χ4n) is 3.15. The van der Waals surface area contributed by atoms with Crippen LogP contribution in [0.15, 0.2) is 0 Å². The van der Waals surface area contributed by atoms with Gasteiger partial charge in [-0.1, -0.05) is 25.2 Å². The molecule has 0 saturated carbocycles. The third-order valence-corrected chi connectivity index (χ3v) is 7.15. The van der Waals surface area contributed by atoms with E-state index in [1.54, 1.807) is 9.42 Å². The second-order valence-corrected chi connectivity index (χ2v) is 9.91. The van der Waals surface area contributed by atoms with Crippen molar-refractivity contribution in [3.63, 3.8) is 0 Å². The van der Waals surface area contributed by atoms with E-state index in [-0.39, 0.29) is 29.4 Å². The van der Waals surface area contributed by atoms with Crippen molar-refractivity contribution in [2.45, 2.75) is 52.0 Å². The number of sulfone groups is 1. The standard InChI is InChI=1S/C15H23N5O3S2/c1-4-19(11-7-8-25(22,23)9-11)13(21)6-5-12-18-20-14(10(2)3)16-17-15(20)24-12/h10-11H,4-9H2,1-3H3. The van der Waals surface area contributed by atoms with E-state index in [0.717, 1.165) is 15.8 Å². The number of fused-ring (bicyclic) bond motifs is 1. The quantitative estimate of drug-likeness (QED) is 0.743. The van der Waals surface area contributed by atoms with Gasteiger partial charge in [0.2, 0.25) is 10.9 Å². The van der Waals surface area contributed by atoms with Crippen LogP contribution >= 0.6 is 11.3 Å². The van der Waals surface area contributed by atoms with E-state index < -0.39 is 9.84 Å². The summed E-state index contributed by atoms with van der Waals surface area (Å²) in [5.41, 5.74) is 0. The molecular formula is C15H23N5O3S2. The lowest BCUT2D eigenvalue weighted by Gasteiger charge is -2.26. The predicted octanol–water partition coefficient (Wildman–Crippen LogP) is 1.28. The summed E-state index contributed by atoms with van der Waals surface area (Å²) in [7, 11) is -3.00. The minimum absolute atomic E-state index is 0.0142. The SMILES string of the molecule is CCN(C(=O)CCc1nn2c(C(C)C)nnc2s1)C1CCS(=O)(=O)C1. The number of rotatable bonds is 6. The van der Waals surface area contributed by atoms with E-state index in [1.165, 1.54) is 11.3 Å². The zero-order chi connectivity index (χ0) is 18.2. The van der Waals surface area contributed by atoms with Gasteiger partial charge in [-0.2, -0.15) is 9.61 Å². The Hall–Kier alpha value is -1.55. The molecule has 2 aromatic heterocycles. The minimum atomic E-state index is -3.00. The number of aromatic nitrogens is 4. The number of carbonyl (C=O) groups is 1. The largest absolute Gasteiger partial charge is 0.339 e. The third-order valence-electron chi connectivity index (χ3n) is 4.44. The molecule has 0 bridgehead atoms. The number of hydrogen-bond acceptors (Lipinski definition) is 7. The van der Waals surface area contributed by atoms with Crippen molar-refractivity contribution in [3.05, 3.63) is 10.8 Å². The molecular weight excluding hydrogens is 362 g/mol. The molecule has 0 spiro atoms. The lowest BCUT2D eigenvalue weighted by atomic mass is 10.2. The first-order valence-electron chi connectivity index (χ1n) is 8.51. The van der Waals surface area contributed by atoms with Crippen LogP contribution in [0.4, 0.5) is 0 Å². The van der Waals surface area contributed by atoms with Crippen LogP contribution in [0, 0.1) is 0 Å². The Kier molecular flexibility index (Phi) is 5.10. The Bertz CT molecular complexity index is 871. The summed E-state index contributed by atoms with van der Waals surface area (Å²) in [6.45, 7) is 6.49. The first-order valence-corrected chi connectivity index (χ1v) is 11.2. The van der Waals surface area contributed by atoms with Gasteiger partial charge in [0.15, 0.2) is 15.7 Å². The smallest absolute Gasteiger partial charge is 0.234 e. The number of nitrogens with zero attached hydrogens (tertiary/aromatic N) is 5. The van der Waals surface area contributed by atoms with Crippen molar-refractivity contribution in [1.29, 1.82) is 0 Å². The molecule has 8 nitrogen and oxygen atoms in total. The molecule has 10 heteroatoms. The highest BCUT2D eigenvalue weighted by atomic mass is 32.2. The van der Waals surface area contributed by atoms with E-state index in [1.807, 2.05) is 20.8 Å². The highest BCUT2D eigenvalue weighted by Crippen LogP contribution is 2.21. The van der Waals surface area contributed by atoms with E-state index >= 15 is 0 Å². The van der Waals surface area contributed by atoms with Gasteiger partial charge in [-0.15, -0.1) is 10.2 Å². The fraction of sp³-hybridized carbons (Fsp3) is 0.733. The van der Waals surface area contributed by atoms with Crippen LogP contribution in [0.2, 0.25) is 0 Å². The highest BCUT2D eigenvalue weighted by Gasteiger charge is 2.33. The Morgan fingerprint density at radius 2 is 2.16 bits per heavy atom. The Labute approximate surface area is 151 Å². The molecule has 25 heavy (non-hydrogen) atoms. The average molecular weight is 386 g/mol. The van der Waals surface area contributed by atoms with Gasteiger partial charge >= 0.3 is 0 Å². The molecule has 3 heterocycles. The normalized spacial score (nSPS) is 19.8. The first kappa shape index (κ1) is 18.2. The summed E-state index contributed by atoms with van der Waals surface area (Å²) in [6, 6.07) is -0.187. The van der Waals surface area contributed by atoms with Crippen molar-refractivity contribution < 1.29 is 13.2 Å². The summed E-state index contributed by atoms with van der Waals surface area (Å²) in [4.78, 5) is 15.0. The van der Waals surface area contributed by atoms with Crippen LogP contribution in [0.3, 0.4) is 0 Å². The Balaban J connectivity index is 1.65. The van der Waals surface area contributed by atoms with Crippen molar-refractivity contribution in [3.8, 4) is 0 Å². The zero-order valence-electron chi connectivity index (χ0n) is 14.7. The fourth-order valence-corrected chi connectivity index (χ4v) is 5.72. The van der Waals surface area contributed by atoms with E-state index in [9.17, 15) is 13.2 Å². The van der Waals surface area contributed by atoms with Crippen LogP contribution in [-0.2, 0) is 21.1 Å². The summed E-state index contributed by atoms with van der Waals surface area (Å²) in [6.07, 6.45) is 1.39. The zero-order valence-corrected chi connectivity index (χ0v) is 16.3. The van der Waals surface area contributed by atoms with Crippen molar-refractivity contribution in [2.75, 3.05) is 18.1 Å². The van der Waals surface area contributed by atoms with E-state index in [2.05, 4.69) is 15.3 Å². The van der Waals surface area contributed by atoms with Crippen molar-refractivity contribution in [1.82, 2.24) is 24.7 Å². The van der Waals surface area contributed by atoms with Crippen LogP contribution in [0.5, 0.6) is 0 Å².